The van der Waals surface area contributed by atoms with Gasteiger partial charge in [-0.05, 0) is 34.9 Å². The number of rotatable bonds is 5. The van der Waals surface area contributed by atoms with Gasteiger partial charge in [-0.1, -0.05) is 30.3 Å². The summed E-state index contributed by atoms with van der Waals surface area (Å²) in [5, 5.41) is 9.73. The number of ether oxygens (including phenoxy) is 1. The molecule has 2 amide bonds. The molecule has 3 heterocycles. The van der Waals surface area contributed by atoms with Crippen LogP contribution < -0.4 is 9.64 Å². The van der Waals surface area contributed by atoms with Crippen molar-refractivity contribution in [3.63, 3.8) is 0 Å². The highest BCUT2D eigenvalue weighted by atomic mass is 32.2. The molecule has 5 rings (SSSR count). The van der Waals surface area contributed by atoms with Crippen LogP contribution in [0.25, 0.3) is 0 Å². The van der Waals surface area contributed by atoms with Crippen LogP contribution in [-0.4, -0.2) is 81.0 Å². The Morgan fingerprint density at radius 3 is 2.41 bits per heavy atom. The number of hydrogen-bond acceptors (Lipinski definition) is 6. The van der Waals surface area contributed by atoms with E-state index < -0.39 is 15.9 Å². The largest absolute Gasteiger partial charge is 0.482 e. The van der Waals surface area contributed by atoms with Crippen molar-refractivity contribution in [1.29, 1.82) is 0 Å². The number of fused-ring (bicyclic) bond motifs is 1. The van der Waals surface area contributed by atoms with Gasteiger partial charge in [-0.2, -0.15) is 4.31 Å². The summed E-state index contributed by atoms with van der Waals surface area (Å²) in [7, 11) is -2.13. The van der Waals surface area contributed by atoms with E-state index in [1.165, 1.54) is 21.3 Å². The fourth-order valence-corrected chi connectivity index (χ4v) is 5.81. The van der Waals surface area contributed by atoms with E-state index in [0.717, 1.165) is 16.7 Å². The molecular formula is C24H25N3O6S. The van der Waals surface area contributed by atoms with Crippen LogP contribution in [0.4, 0.5) is 5.69 Å². The Labute approximate surface area is 197 Å². The third-order valence-electron chi connectivity index (χ3n) is 6.65. The lowest BCUT2D eigenvalue weighted by Crippen LogP contribution is -2.52. The number of carbonyl (C=O) groups excluding carboxylic acids is 2. The predicted octanol–water partition coefficient (Wildman–Crippen LogP) is 0.961. The lowest BCUT2D eigenvalue weighted by Gasteiger charge is -2.42. The van der Waals surface area contributed by atoms with E-state index in [1.54, 1.807) is 18.0 Å². The lowest BCUT2D eigenvalue weighted by atomic mass is 9.92. The molecule has 0 spiro atoms. The smallest absolute Gasteiger partial charge is 0.264 e. The Balaban J connectivity index is 1.23. The molecule has 34 heavy (non-hydrogen) atoms. The molecule has 2 aromatic rings. The molecule has 0 aromatic heterocycles. The average Bonchev–Trinajstić information content (AvgIpc) is 2.77. The number of carbonyl (C=O) groups is 2. The van der Waals surface area contributed by atoms with Crippen LogP contribution in [0.15, 0.2) is 64.6 Å². The molecule has 178 valence electrons. The molecule has 1 N–H and O–H groups in total. The summed E-state index contributed by atoms with van der Waals surface area (Å²) >= 11 is 0. The van der Waals surface area contributed by atoms with Gasteiger partial charge in [0.05, 0.1) is 23.1 Å². The molecule has 3 aliphatic heterocycles. The van der Waals surface area contributed by atoms with Gasteiger partial charge in [0.2, 0.25) is 15.9 Å². The van der Waals surface area contributed by atoms with E-state index in [-0.39, 0.29) is 43.0 Å². The third-order valence-corrected chi connectivity index (χ3v) is 8.43. The van der Waals surface area contributed by atoms with Crippen molar-refractivity contribution >= 4 is 27.5 Å². The number of anilines is 1. The molecule has 0 radical (unpaired) electrons. The fourth-order valence-electron chi connectivity index (χ4n) is 4.36. The van der Waals surface area contributed by atoms with E-state index in [1.807, 2.05) is 30.3 Å². The molecule has 10 heteroatoms. The zero-order valence-corrected chi connectivity index (χ0v) is 19.5. The van der Waals surface area contributed by atoms with Gasteiger partial charge in [0.25, 0.3) is 5.91 Å². The number of likely N-dealkylation sites (tertiary alicyclic amines) is 1. The minimum atomic E-state index is -3.72. The second kappa shape index (κ2) is 8.53. The predicted molar refractivity (Wildman–Crippen MR) is 124 cm³/mol. The van der Waals surface area contributed by atoms with Gasteiger partial charge in [0.1, 0.15) is 5.75 Å². The summed E-state index contributed by atoms with van der Waals surface area (Å²) in [6.07, 6.45) is 0. The zero-order valence-electron chi connectivity index (χ0n) is 18.7. The Bertz CT molecular complexity index is 1280. The van der Waals surface area contributed by atoms with Crippen molar-refractivity contribution in [3.05, 3.63) is 65.2 Å². The van der Waals surface area contributed by atoms with E-state index in [2.05, 4.69) is 0 Å². The van der Waals surface area contributed by atoms with Gasteiger partial charge in [0, 0.05) is 33.2 Å². The number of hydrogen-bond donors (Lipinski definition) is 1. The van der Waals surface area contributed by atoms with E-state index in [9.17, 15) is 23.1 Å². The first-order valence-electron chi connectivity index (χ1n) is 11.0. The fraction of sp³-hybridized carbons (Fsp3) is 0.333. The van der Waals surface area contributed by atoms with Crippen molar-refractivity contribution in [2.24, 2.45) is 0 Å². The van der Waals surface area contributed by atoms with Crippen molar-refractivity contribution < 1.29 is 27.9 Å². The summed E-state index contributed by atoms with van der Waals surface area (Å²) in [5.41, 5.74) is 3.29. The van der Waals surface area contributed by atoms with E-state index >= 15 is 0 Å². The van der Waals surface area contributed by atoms with Gasteiger partial charge in [-0.15, -0.1) is 0 Å². The van der Waals surface area contributed by atoms with Crippen molar-refractivity contribution in [1.82, 2.24) is 9.21 Å². The molecule has 0 aliphatic carbocycles. The molecule has 1 atom stereocenters. The van der Waals surface area contributed by atoms with Crippen molar-refractivity contribution in [3.8, 4) is 5.75 Å². The first-order valence-corrected chi connectivity index (χ1v) is 12.4. The summed E-state index contributed by atoms with van der Waals surface area (Å²) in [4.78, 5) is 27.9. The minimum absolute atomic E-state index is 0.0669. The molecular weight excluding hydrogens is 458 g/mol. The minimum Gasteiger partial charge on any atom is -0.482 e. The number of sulfonamides is 1. The number of aliphatic hydroxyl groups is 1. The van der Waals surface area contributed by atoms with Crippen LogP contribution in [0.2, 0.25) is 0 Å². The maximum Gasteiger partial charge on any atom is 0.264 e. The van der Waals surface area contributed by atoms with Crippen molar-refractivity contribution in [2.45, 2.75) is 10.8 Å². The summed E-state index contributed by atoms with van der Waals surface area (Å²) < 4.78 is 32.9. The summed E-state index contributed by atoms with van der Waals surface area (Å²) in [6.45, 7) is 1.14. The topological polar surface area (TPSA) is 107 Å². The maximum absolute atomic E-state index is 13.1. The molecule has 0 bridgehead atoms. The number of likely N-dealkylation sites (N-methyl/N-ethyl adjacent to an activating group) is 1. The highest BCUT2D eigenvalue weighted by molar-refractivity contribution is 7.89. The Morgan fingerprint density at radius 2 is 1.74 bits per heavy atom. The Morgan fingerprint density at radius 1 is 1.06 bits per heavy atom. The number of aliphatic hydroxyl groups excluding tert-OH is 1. The molecule has 0 saturated carbocycles. The molecule has 2 saturated heterocycles. The van der Waals surface area contributed by atoms with Crippen molar-refractivity contribution in [2.75, 3.05) is 51.3 Å². The summed E-state index contributed by atoms with van der Waals surface area (Å²) in [6, 6.07) is 13.7. The van der Waals surface area contributed by atoms with Crippen LogP contribution in [0, 0.1) is 0 Å². The zero-order chi connectivity index (χ0) is 24.0. The van der Waals surface area contributed by atoms with Crippen LogP contribution in [0.1, 0.15) is 11.5 Å². The SMILES string of the molecule is CN1C(=O)COc2ccc(S(=O)(=O)N3CC(=C4CN(C(=O)[C@H](CO)c5ccccc5)C4)C3)cc21. The second-order valence-corrected chi connectivity index (χ2v) is 10.6. The number of benzene rings is 2. The highest BCUT2D eigenvalue weighted by Gasteiger charge is 2.39. The summed E-state index contributed by atoms with van der Waals surface area (Å²) in [5.74, 6) is -0.484. The molecule has 2 aromatic carbocycles. The Kier molecular flexibility index (Phi) is 5.67. The number of amides is 2. The molecule has 0 unspecified atom stereocenters. The van der Waals surface area contributed by atoms with E-state index in [0.29, 0.717) is 24.5 Å². The van der Waals surface area contributed by atoms with Crippen LogP contribution in [0.5, 0.6) is 5.75 Å². The molecule has 2 fully saturated rings. The quantitative estimate of drug-likeness (QED) is 0.635. The highest BCUT2D eigenvalue weighted by Crippen LogP contribution is 2.36. The first-order chi connectivity index (χ1) is 16.3. The van der Waals surface area contributed by atoms with E-state index in [4.69, 9.17) is 4.74 Å². The first kappa shape index (κ1) is 22.6. The van der Waals surface area contributed by atoms with Gasteiger partial charge in [-0.25, -0.2) is 8.42 Å². The third kappa shape index (κ3) is 3.77. The normalized spacial score (nSPS) is 19.2. The van der Waals surface area contributed by atoms with Crippen LogP contribution in [-0.2, 0) is 19.6 Å². The second-order valence-electron chi connectivity index (χ2n) is 8.69. The maximum atomic E-state index is 13.1. The molecule has 9 nitrogen and oxygen atoms in total. The van der Waals surface area contributed by atoms with Gasteiger partial charge in [-0.3, -0.25) is 9.59 Å². The van der Waals surface area contributed by atoms with Gasteiger partial charge >= 0.3 is 0 Å². The molecule has 3 aliphatic rings. The average molecular weight is 484 g/mol. The lowest BCUT2D eigenvalue weighted by molar-refractivity contribution is -0.135. The Hall–Kier alpha value is -3.21. The van der Waals surface area contributed by atoms with Crippen LogP contribution >= 0.6 is 0 Å². The van der Waals surface area contributed by atoms with Crippen LogP contribution in [0.3, 0.4) is 0 Å². The monoisotopic (exact) mass is 483 g/mol. The van der Waals surface area contributed by atoms with Gasteiger partial charge in [0.15, 0.2) is 6.61 Å². The van der Waals surface area contributed by atoms with Gasteiger partial charge < -0.3 is 19.6 Å². The number of nitrogens with zero attached hydrogens (tertiary/aromatic N) is 3. The standard InChI is InChI=1S/C24H25N3O6S/c1-25-21-9-19(7-8-22(21)33-15-23(25)29)34(31,32)27-12-18(13-27)17-10-26(11-17)24(30)20(14-28)16-5-3-2-4-6-16/h2-9,20,28H,10-15H2,1H3/t20-/m1/s1.